The molecule has 0 saturated heterocycles. The maximum absolute atomic E-state index is 8.67. The summed E-state index contributed by atoms with van der Waals surface area (Å²) in [5.74, 6) is 0.860. The number of nitrogens with zero attached hydrogens (tertiary/aromatic N) is 4. The summed E-state index contributed by atoms with van der Waals surface area (Å²) in [6, 6.07) is 7.38. The molecule has 68 valence electrons. The molecular weight excluding hydrogens is 178 g/mol. The largest absolute Gasteiger partial charge is 0.381 e. The van der Waals surface area contributed by atoms with E-state index < -0.39 is 0 Å². The Hall–Kier alpha value is -2.35. The molecule has 0 spiro atoms. The van der Waals surface area contributed by atoms with Crippen LogP contribution in [0.25, 0.3) is 5.82 Å². The molecule has 0 amide bonds. The van der Waals surface area contributed by atoms with Crippen molar-refractivity contribution in [1.29, 1.82) is 5.26 Å². The van der Waals surface area contributed by atoms with Crippen LogP contribution in [0.3, 0.4) is 0 Å². The summed E-state index contributed by atoms with van der Waals surface area (Å²) in [6.07, 6.45) is 3.21. The van der Waals surface area contributed by atoms with Crippen molar-refractivity contribution in [3.8, 4) is 11.9 Å². The summed E-state index contributed by atoms with van der Waals surface area (Å²) in [5, 5.41) is 12.6. The molecule has 2 aromatic rings. The SMILES string of the molecule is N#Cc1cn(-c2ccccn2)nc1N. The molecule has 0 aliphatic carbocycles. The number of nitriles is 1. The van der Waals surface area contributed by atoms with Gasteiger partial charge in [-0.1, -0.05) is 6.07 Å². The van der Waals surface area contributed by atoms with Gasteiger partial charge in [0.05, 0.1) is 6.20 Å². The molecule has 0 radical (unpaired) electrons. The lowest BCUT2D eigenvalue weighted by molar-refractivity contribution is 0.851. The van der Waals surface area contributed by atoms with Gasteiger partial charge in [-0.25, -0.2) is 9.67 Å². The smallest absolute Gasteiger partial charge is 0.163 e. The number of pyridine rings is 1. The van der Waals surface area contributed by atoms with Gasteiger partial charge in [-0.15, -0.1) is 5.10 Å². The fraction of sp³-hybridized carbons (Fsp3) is 0. The lowest BCUT2D eigenvalue weighted by atomic mass is 10.4. The van der Waals surface area contributed by atoms with Crippen molar-refractivity contribution in [3.05, 3.63) is 36.2 Å². The van der Waals surface area contributed by atoms with Crippen LogP contribution in [0.4, 0.5) is 5.82 Å². The third kappa shape index (κ3) is 1.29. The van der Waals surface area contributed by atoms with E-state index in [-0.39, 0.29) is 5.82 Å². The summed E-state index contributed by atoms with van der Waals surface area (Å²) < 4.78 is 1.48. The van der Waals surface area contributed by atoms with Gasteiger partial charge in [0.2, 0.25) is 0 Å². The van der Waals surface area contributed by atoms with E-state index in [1.165, 1.54) is 4.68 Å². The molecule has 0 fully saturated rings. The first-order valence-corrected chi connectivity index (χ1v) is 3.98. The topological polar surface area (TPSA) is 80.5 Å². The van der Waals surface area contributed by atoms with Crippen LogP contribution in [0.2, 0.25) is 0 Å². The minimum atomic E-state index is 0.221. The normalized spacial score (nSPS) is 9.64. The highest BCUT2D eigenvalue weighted by Crippen LogP contribution is 2.10. The van der Waals surface area contributed by atoms with E-state index in [4.69, 9.17) is 11.0 Å². The van der Waals surface area contributed by atoms with E-state index in [1.807, 2.05) is 18.2 Å². The zero-order chi connectivity index (χ0) is 9.97. The summed E-state index contributed by atoms with van der Waals surface area (Å²) in [5.41, 5.74) is 5.86. The fourth-order valence-corrected chi connectivity index (χ4v) is 1.08. The van der Waals surface area contributed by atoms with Crippen molar-refractivity contribution in [2.75, 3.05) is 5.73 Å². The molecule has 0 saturated carbocycles. The fourth-order valence-electron chi connectivity index (χ4n) is 1.08. The molecule has 5 nitrogen and oxygen atoms in total. The van der Waals surface area contributed by atoms with E-state index >= 15 is 0 Å². The van der Waals surface area contributed by atoms with Crippen molar-refractivity contribution in [3.63, 3.8) is 0 Å². The predicted molar refractivity (Wildman–Crippen MR) is 50.5 cm³/mol. The lowest BCUT2D eigenvalue weighted by Gasteiger charge is -1.96. The Balaban J connectivity index is 2.50. The Labute approximate surface area is 80.4 Å². The van der Waals surface area contributed by atoms with E-state index in [0.717, 1.165) is 0 Å². The maximum Gasteiger partial charge on any atom is 0.163 e. The van der Waals surface area contributed by atoms with Crippen molar-refractivity contribution < 1.29 is 0 Å². The lowest BCUT2D eigenvalue weighted by Crippen LogP contribution is -1.97. The summed E-state index contributed by atoms with van der Waals surface area (Å²) in [7, 11) is 0. The second kappa shape index (κ2) is 3.18. The molecule has 2 aromatic heterocycles. The molecule has 14 heavy (non-hydrogen) atoms. The number of aromatic nitrogens is 3. The highest BCUT2D eigenvalue weighted by Gasteiger charge is 2.05. The minimum Gasteiger partial charge on any atom is -0.381 e. The highest BCUT2D eigenvalue weighted by atomic mass is 15.3. The van der Waals surface area contributed by atoms with E-state index in [1.54, 1.807) is 18.5 Å². The molecule has 0 unspecified atom stereocenters. The van der Waals surface area contributed by atoms with Crippen LogP contribution in [0.1, 0.15) is 5.56 Å². The number of nitrogen functional groups attached to an aromatic ring is 1. The second-order valence-corrected chi connectivity index (χ2v) is 2.67. The summed E-state index contributed by atoms with van der Waals surface area (Å²) in [4.78, 5) is 4.07. The monoisotopic (exact) mass is 185 g/mol. The third-order valence-corrected chi connectivity index (χ3v) is 1.75. The van der Waals surface area contributed by atoms with Crippen molar-refractivity contribution >= 4 is 5.82 Å². The van der Waals surface area contributed by atoms with Gasteiger partial charge in [-0.05, 0) is 12.1 Å². The zero-order valence-electron chi connectivity index (χ0n) is 7.25. The highest BCUT2D eigenvalue weighted by molar-refractivity contribution is 5.47. The third-order valence-electron chi connectivity index (χ3n) is 1.75. The molecule has 5 heteroatoms. The number of anilines is 1. The molecule has 0 aliphatic rings. The quantitative estimate of drug-likeness (QED) is 0.709. The van der Waals surface area contributed by atoms with Crippen LogP contribution in [0.5, 0.6) is 0 Å². The van der Waals surface area contributed by atoms with Gasteiger partial charge in [-0.2, -0.15) is 5.26 Å². The van der Waals surface area contributed by atoms with Crippen LogP contribution in [0.15, 0.2) is 30.6 Å². The van der Waals surface area contributed by atoms with Crippen LogP contribution < -0.4 is 5.73 Å². The Morgan fingerprint density at radius 3 is 2.86 bits per heavy atom. The Kier molecular flexibility index (Phi) is 1.88. The summed E-state index contributed by atoms with van der Waals surface area (Å²) in [6.45, 7) is 0. The van der Waals surface area contributed by atoms with Crippen molar-refractivity contribution in [1.82, 2.24) is 14.8 Å². The Bertz CT molecular complexity index is 480. The van der Waals surface area contributed by atoms with E-state index in [9.17, 15) is 0 Å². The zero-order valence-corrected chi connectivity index (χ0v) is 7.25. The molecule has 0 bridgehead atoms. The first kappa shape index (κ1) is 8.26. The molecule has 0 aromatic carbocycles. The summed E-state index contributed by atoms with van der Waals surface area (Å²) >= 11 is 0. The number of nitrogens with two attached hydrogens (primary N) is 1. The first-order chi connectivity index (χ1) is 6.81. The van der Waals surface area contributed by atoms with Gasteiger partial charge < -0.3 is 5.73 Å². The van der Waals surface area contributed by atoms with Crippen molar-refractivity contribution in [2.45, 2.75) is 0 Å². The number of hydrogen-bond acceptors (Lipinski definition) is 4. The van der Waals surface area contributed by atoms with Gasteiger partial charge in [0, 0.05) is 6.20 Å². The molecule has 0 aliphatic heterocycles. The average Bonchev–Trinajstić information content (AvgIpc) is 2.61. The average molecular weight is 185 g/mol. The van der Waals surface area contributed by atoms with Crippen LogP contribution in [0, 0.1) is 11.3 Å². The van der Waals surface area contributed by atoms with Gasteiger partial charge >= 0.3 is 0 Å². The molecule has 2 N–H and O–H groups in total. The predicted octanol–water partition coefficient (Wildman–Crippen LogP) is 0.721. The first-order valence-electron chi connectivity index (χ1n) is 3.98. The van der Waals surface area contributed by atoms with Gasteiger partial charge in [0.1, 0.15) is 11.6 Å². The van der Waals surface area contributed by atoms with E-state index in [0.29, 0.717) is 11.4 Å². The minimum absolute atomic E-state index is 0.221. The van der Waals surface area contributed by atoms with Crippen molar-refractivity contribution in [2.24, 2.45) is 0 Å². The maximum atomic E-state index is 8.67. The van der Waals surface area contributed by atoms with Gasteiger partial charge in [0.25, 0.3) is 0 Å². The van der Waals surface area contributed by atoms with Crippen LogP contribution >= 0.6 is 0 Å². The standard InChI is InChI=1S/C9H7N5/c10-5-7-6-14(13-9(7)11)8-3-1-2-4-12-8/h1-4,6H,(H2,11,13). The molecular formula is C9H7N5. The number of hydrogen-bond donors (Lipinski definition) is 1. The number of rotatable bonds is 1. The van der Waals surface area contributed by atoms with E-state index in [2.05, 4.69) is 10.1 Å². The Morgan fingerprint density at radius 2 is 2.29 bits per heavy atom. The van der Waals surface area contributed by atoms with Gasteiger partial charge in [0.15, 0.2) is 11.6 Å². The second-order valence-electron chi connectivity index (χ2n) is 2.67. The van der Waals surface area contributed by atoms with Gasteiger partial charge in [-0.3, -0.25) is 0 Å². The Morgan fingerprint density at radius 1 is 1.43 bits per heavy atom. The van der Waals surface area contributed by atoms with Crippen LogP contribution in [-0.2, 0) is 0 Å². The molecule has 0 atom stereocenters. The molecule has 2 rings (SSSR count). The van der Waals surface area contributed by atoms with Crippen LogP contribution in [-0.4, -0.2) is 14.8 Å². The molecule has 2 heterocycles.